The number of carbonyl (C=O) groups excluding carboxylic acids is 1. The fourth-order valence-electron chi connectivity index (χ4n) is 4.38. The molecule has 0 fully saturated rings. The first-order chi connectivity index (χ1) is 16.1. The van der Waals surface area contributed by atoms with Gasteiger partial charge in [0.15, 0.2) is 0 Å². The summed E-state index contributed by atoms with van der Waals surface area (Å²) in [5.74, 6) is -1.11. The lowest BCUT2D eigenvalue weighted by atomic mass is 9.92. The summed E-state index contributed by atoms with van der Waals surface area (Å²) in [5, 5.41) is 4.36. The maximum Gasteiger partial charge on any atom is 0.406 e. The van der Waals surface area contributed by atoms with E-state index in [9.17, 15) is 18.0 Å². The quantitative estimate of drug-likeness (QED) is 0.382. The highest BCUT2D eigenvalue weighted by molar-refractivity contribution is 6.02. The monoisotopic (exact) mass is 473 g/mol. The molecule has 6 nitrogen and oxygen atoms in total. The molecule has 0 radical (unpaired) electrons. The van der Waals surface area contributed by atoms with E-state index in [0.29, 0.717) is 27.8 Å². The Morgan fingerprint density at radius 2 is 1.94 bits per heavy atom. The summed E-state index contributed by atoms with van der Waals surface area (Å²) in [7, 11) is 3.10. The summed E-state index contributed by atoms with van der Waals surface area (Å²) in [4.78, 5) is 13.5. The van der Waals surface area contributed by atoms with Crippen LogP contribution in [-0.2, 0) is 13.5 Å². The Balaban J connectivity index is 1.58. The molecule has 0 N–H and O–H groups in total. The standard InChI is InChI=1S/C24H19F4N3O3/c1-30-10-16(9-29-30)14-6-18(25)22-17(11-34-20(22)7-14)15-5-13-3-4-31(12-24(26,27)28)23(32)21(13)19(8-15)33-2/h5-11H,3-4,12H2,1-2H3. The summed E-state index contributed by atoms with van der Waals surface area (Å²) < 4.78 is 66.5. The molecule has 1 aliphatic rings. The number of aromatic nitrogens is 2. The second-order valence-electron chi connectivity index (χ2n) is 8.19. The number of nitrogens with zero attached hydrogens (tertiary/aromatic N) is 3. The van der Waals surface area contributed by atoms with E-state index in [0.717, 1.165) is 10.5 Å². The van der Waals surface area contributed by atoms with E-state index in [-0.39, 0.29) is 29.7 Å². The molecule has 34 heavy (non-hydrogen) atoms. The number of hydrogen-bond acceptors (Lipinski definition) is 4. The number of furan rings is 1. The summed E-state index contributed by atoms with van der Waals surface area (Å²) in [6.45, 7) is -1.40. The molecule has 1 aliphatic heterocycles. The molecule has 0 bridgehead atoms. The van der Waals surface area contributed by atoms with Crippen LogP contribution in [0.15, 0.2) is 47.3 Å². The van der Waals surface area contributed by atoms with Crippen molar-refractivity contribution in [1.82, 2.24) is 14.7 Å². The molecule has 0 saturated heterocycles. The summed E-state index contributed by atoms with van der Waals surface area (Å²) in [6, 6.07) is 6.31. The van der Waals surface area contributed by atoms with Gasteiger partial charge in [0.25, 0.3) is 5.91 Å². The number of benzene rings is 2. The molecule has 0 atom stereocenters. The van der Waals surface area contributed by atoms with Crippen LogP contribution in [-0.4, -0.2) is 47.0 Å². The SMILES string of the molecule is COc1cc(-c2coc3cc(-c4cnn(C)c4)cc(F)c23)cc2c1C(=O)N(CC(F)(F)F)CC2. The molecule has 0 saturated carbocycles. The van der Waals surface area contributed by atoms with E-state index in [1.54, 1.807) is 36.3 Å². The van der Waals surface area contributed by atoms with Crippen molar-refractivity contribution in [1.29, 1.82) is 0 Å². The van der Waals surface area contributed by atoms with Crippen molar-refractivity contribution in [2.75, 3.05) is 20.2 Å². The lowest BCUT2D eigenvalue weighted by Gasteiger charge is -2.30. The number of amides is 1. The van der Waals surface area contributed by atoms with Gasteiger partial charge in [0.1, 0.15) is 23.7 Å². The molecule has 5 rings (SSSR count). The summed E-state index contributed by atoms with van der Waals surface area (Å²) in [6.07, 6.45) is 0.519. The lowest BCUT2D eigenvalue weighted by Crippen LogP contribution is -2.43. The smallest absolute Gasteiger partial charge is 0.406 e. The molecule has 0 aliphatic carbocycles. The number of ether oxygens (including phenoxy) is 1. The highest BCUT2D eigenvalue weighted by Crippen LogP contribution is 2.40. The molecule has 2 aromatic carbocycles. The van der Waals surface area contributed by atoms with Gasteiger partial charge in [-0.1, -0.05) is 0 Å². The largest absolute Gasteiger partial charge is 0.496 e. The average molecular weight is 473 g/mol. The Kier molecular flexibility index (Phi) is 5.11. The minimum absolute atomic E-state index is 0.0765. The fourth-order valence-corrected chi connectivity index (χ4v) is 4.38. The van der Waals surface area contributed by atoms with E-state index < -0.39 is 24.4 Å². The highest BCUT2D eigenvalue weighted by Gasteiger charge is 2.37. The third-order valence-corrected chi connectivity index (χ3v) is 5.90. The lowest BCUT2D eigenvalue weighted by molar-refractivity contribution is -0.141. The van der Waals surface area contributed by atoms with Crippen molar-refractivity contribution in [2.45, 2.75) is 12.6 Å². The third kappa shape index (κ3) is 3.78. The van der Waals surface area contributed by atoms with Crippen LogP contribution in [0, 0.1) is 5.82 Å². The second-order valence-corrected chi connectivity index (χ2v) is 8.19. The van der Waals surface area contributed by atoms with Gasteiger partial charge in [-0.25, -0.2) is 4.39 Å². The van der Waals surface area contributed by atoms with Gasteiger partial charge in [-0.2, -0.15) is 18.3 Å². The van der Waals surface area contributed by atoms with Crippen molar-refractivity contribution in [3.8, 4) is 28.0 Å². The van der Waals surface area contributed by atoms with Crippen LogP contribution in [0.2, 0.25) is 0 Å². The topological polar surface area (TPSA) is 60.5 Å². The van der Waals surface area contributed by atoms with Crippen LogP contribution in [0.3, 0.4) is 0 Å². The Bertz CT molecular complexity index is 1400. The molecule has 10 heteroatoms. The van der Waals surface area contributed by atoms with E-state index in [4.69, 9.17) is 9.15 Å². The Hall–Kier alpha value is -3.82. The number of fused-ring (bicyclic) bond motifs is 2. The van der Waals surface area contributed by atoms with Crippen LogP contribution < -0.4 is 4.74 Å². The number of rotatable bonds is 4. The van der Waals surface area contributed by atoms with Crippen LogP contribution in [0.4, 0.5) is 17.6 Å². The molecule has 2 aromatic heterocycles. The fraction of sp³-hybridized carbons (Fsp3) is 0.250. The van der Waals surface area contributed by atoms with Gasteiger partial charge in [-0.05, 0) is 47.4 Å². The summed E-state index contributed by atoms with van der Waals surface area (Å²) in [5.41, 5.74) is 3.30. The number of carbonyl (C=O) groups is 1. The highest BCUT2D eigenvalue weighted by atomic mass is 19.4. The maximum absolute atomic E-state index is 15.2. The van der Waals surface area contributed by atoms with Gasteiger partial charge >= 0.3 is 6.18 Å². The molecule has 1 amide bonds. The number of alkyl halides is 3. The molecular weight excluding hydrogens is 454 g/mol. The summed E-state index contributed by atoms with van der Waals surface area (Å²) >= 11 is 0. The minimum Gasteiger partial charge on any atom is -0.496 e. The minimum atomic E-state index is -4.50. The zero-order valence-corrected chi connectivity index (χ0v) is 18.2. The molecule has 176 valence electrons. The van der Waals surface area contributed by atoms with E-state index >= 15 is 4.39 Å². The Labute approximate surface area is 191 Å². The first-order valence-corrected chi connectivity index (χ1v) is 10.4. The Morgan fingerprint density at radius 3 is 2.62 bits per heavy atom. The van der Waals surface area contributed by atoms with Crippen LogP contribution in [0.1, 0.15) is 15.9 Å². The normalized spacial score (nSPS) is 14.1. The molecular formula is C24H19F4N3O3. The number of aryl methyl sites for hydroxylation is 1. The van der Waals surface area contributed by atoms with Gasteiger partial charge in [0.05, 0.1) is 30.5 Å². The van der Waals surface area contributed by atoms with Gasteiger partial charge in [0, 0.05) is 30.9 Å². The average Bonchev–Trinajstić information content (AvgIpc) is 3.40. The van der Waals surface area contributed by atoms with Gasteiger partial charge in [0.2, 0.25) is 0 Å². The zero-order chi connectivity index (χ0) is 24.2. The van der Waals surface area contributed by atoms with Crippen molar-refractivity contribution < 1.29 is 31.5 Å². The first kappa shape index (κ1) is 22.0. The van der Waals surface area contributed by atoms with E-state index in [1.807, 2.05) is 0 Å². The Morgan fingerprint density at radius 1 is 1.15 bits per heavy atom. The van der Waals surface area contributed by atoms with Crippen molar-refractivity contribution in [3.05, 3.63) is 59.9 Å². The van der Waals surface area contributed by atoms with Crippen molar-refractivity contribution >= 4 is 16.9 Å². The molecule has 0 unspecified atom stereocenters. The van der Waals surface area contributed by atoms with E-state index in [1.165, 1.54) is 25.5 Å². The predicted octanol–water partition coefficient (Wildman–Crippen LogP) is 5.21. The molecule has 0 spiro atoms. The van der Waals surface area contributed by atoms with Gasteiger partial charge in [-0.15, -0.1) is 0 Å². The number of halogens is 4. The number of methoxy groups -OCH3 is 1. The zero-order valence-electron chi connectivity index (χ0n) is 18.2. The van der Waals surface area contributed by atoms with Gasteiger partial charge < -0.3 is 14.1 Å². The van der Waals surface area contributed by atoms with Crippen LogP contribution >= 0.6 is 0 Å². The maximum atomic E-state index is 15.2. The van der Waals surface area contributed by atoms with Crippen molar-refractivity contribution in [2.24, 2.45) is 7.05 Å². The molecule has 3 heterocycles. The molecule has 4 aromatic rings. The van der Waals surface area contributed by atoms with Crippen LogP contribution in [0.5, 0.6) is 5.75 Å². The number of hydrogen-bond donors (Lipinski definition) is 0. The first-order valence-electron chi connectivity index (χ1n) is 10.4. The predicted molar refractivity (Wildman–Crippen MR) is 116 cm³/mol. The third-order valence-electron chi connectivity index (χ3n) is 5.90. The second kappa shape index (κ2) is 7.89. The van der Waals surface area contributed by atoms with Gasteiger partial charge in [-0.3, -0.25) is 9.48 Å². The van der Waals surface area contributed by atoms with Crippen molar-refractivity contribution in [3.63, 3.8) is 0 Å². The van der Waals surface area contributed by atoms with E-state index in [2.05, 4.69) is 5.10 Å². The van der Waals surface area contributed by atoms with Crippen LogP contribution in [0.25, 0.3) is 33.2 Å².